The summed E-state index contributed by atoms with van der Waals surface area (Å²) in [6.45, 7) is 3.94. The number of amides is 2. The van der Waals surface area contributed by atoms with E-state index >= 15 is 0 Å². The summed E-state index contributed by atoms with van der Waals surface area (Å²) in [5.41, 5.74) is 3.40. The summed E-state index contributed by atoms with van der Waals surface area (Å²) >= 11 is 0. The van der Waals surface area contributed by atoms with Crippen molar-refractivity contribution in [3.05, 3.63) is 65.2 Å². The van der Waals surface area contributed by atoms with Crippen LogP contribution in [0.4, 0.5) is 5.69 Å². The molecule has 2 aromatic rings. The maximum Gasteiger partial charge on any atom is 0.224 e. The van der Waals surface area contributed by atoms with Crippen LogP contribution in [0.3, 0.4) is 0 Å². The lowest BCUT2D eigenvalue weighted by Gasteiger charge is -2.38. The van der Waals surface area contributed by atoms with Crippen LogP contribution in [0.1, 0.15) is 81.0 Å². The van der Waals surface area contributed by atoms with Gasteiger partial charge in [0.25, 0.3) is 0 Å². The highest BCUT2D eigenvalue weighted by molar-refractivity contribution is 5.90. The van der Waals surface area contributed by atoms with Gasteiger partial charge in [0.2, 0.25) is 11.8 Å². The smallest absolute Gasteiger partial charge is 0.224 e. The van der Waals surface area contributed by atoms with Gasteiger partial charge in [-0.1, -0.05) is 42.8 Å². The maximum atomic E-state index is 12.5. The Balaban J connectivity index is 1.40. The second-order valence-corrected chi connectivity index (χ2v) is 10.8. The molecule has 0 spiro atoms. The number of hydrogen-bond donors (Lipinski definition) is 4. The van der Waals surface area contributed by atoms with E-state index in [1.807, 2.05) is 48.5 Å². The zero-order valence-corrected chi connectivity index (χ0v) is 23.4. The summed E-state index contributed by atoms with van der Waals surface area (Å²) in [7, 11) is 0. The number of likely N-dealkylation sites (tertiary alicyclic amines) is 1. The highest BCUT2D eigenvalue weighted by atomic mass is 16.7. The zero-order valence-electron chi connectivity index (χ0n) is 23.4. The number of rotatable bonds is 13. The summed E-state index contributed by atoms with van der Waals surface area (Å²) in [5.74, 6) is -0.0860. The summed E-state index contributed by atoms with van der Waals surface area (Å²) in [6, 6.07) is 15.6. The van der Waals surface area contributed by atoms with E-state index in [1.54, 1.807) is 0 Å². The molecule has 2 aliphatic rings. The number of nitrogens with one attached hydrogen (secondary N) is 2. The molecule has 2 saturated heterocycles. The van der Waals surface area contributed by atoms with Crippen LogP contribution in [0.2, 0.25) is 0 Å². The molecule has 40 heavy (non-hydrogen) atoms. The fourth-order valence-corrected chi connectivity index (χ4v) is 5.48. The molecule has 0 aliphatic carbocycles. The number of aliphatic hydroxyl groups is 2. The molecule has 4 atom stereocenters. The quantitative estimate of drug-likeness (QED) is 0.278. The van der Waals surface area contributed by atoms with E-state index in [0.717, 1.165) is 55.3 Å². The maximum absolute atomic E-state index is 12.5. The third kappa shape index (κ3) is 8.84. The summed E-state index contributed by atoms with van der Waals surface area (Å²) < 4.78 is 12.9. The predicted molar refractivity (Wildman–Crippen MR) is 152 cm³/mol. The van der Waals surface area contributed by atoms with E-state index in [9.17, 15) is 19.8 Å². The van der Waals surface area contributed by atoms with Crippen LogP contribution in [0, 0.1) is 0 Å². The molecule has 2 aliphatic heterocycles. The number of benzene rings is 2. The topological polar surface area (TPSA) is 120 Å². The molecule has 2 aromatic carbocycles. The average molecular weight is 554 g/mol. The van der Waals surface area contributed by atoms with E-state index in [0.29, 0.717) is 31.6 Å². The second kappa shape index (κ2) is 15.3. The van der Waals surface area contributed by atoms with E-state index < -0.39 is 6.29 Å². The van der Waals surface area contributed by atoms with Crippen molar-refractivity contribution in [3.63, 3.8) is 0 Å². The zero-order chi connectivity index (χ0) is 28.3. The van der Waals surface area contributed by atoms with Crippen molar-refractivity contribution in [2.45, 2.75) is 83.0 Å². The van der Waals surface area contributed by atoms with E-state index in [1.165, 1.54) is 6.92 Å². The van der Waals surface area contributed by atoms with Gasteiger partial charge in [-0.15, -0.1) is 0 Å². The normalized spacial score (nSPS) is 23.2. The SMILES string of the molecule is CC(=O)NCCCCCC(=O)Nc1cccc([C@H]2O[C@@H](CN3CCC[C@H]3CO)C[C@@H](c3ccc(CO)cc3)O2)c1. The Labute approximate surface area is 236 Å². The standard InChI is InChI=1S/C31H43N3O6/c1-22(37)32-15-4-2-3-10-30(38)33-26-8-5-7-25(17-26)31-39-28(19-34-16-6-9-27(34)21-36)18-29(40-31)24-13-11-23(20-35)12-14-24/h5,7-8,11-14,17,27-29,31,35-36H,2-4,6,9-10,15-16,18-21H2,1H3,(H,32,37)(H,33,38)/t27-,28+,29-,31-/m0/s1. The van der Waals surface area contributed by atoms with Crippen LogP contribution in [0.15, 0.2) is 48.5 Å². The third-order valence-electron chi connectivity index (χ3n) is 7.66. The lowest BCUT2D eigenvalue weighted by Crippen LogP contribution is -2.42. The van der Waals surface area contributed by atoms with Gasteiger partial charge < -0.3 is 30.3 Å². The molecule has 4 N–H and O–H groups in total. The Morgan fingerprint density at radius 1 is 1.02 bits per heavy atom. The number of anilines is 1. The predicted octanol–water partition coefficient (Wildman–Crippen LogP) is 3.82. The van der Waals surface area contributed by atoms with Crippen LogP contribution in [0.5, 0.6) is 0 Å². The fourth-order valence-electron chi connectivity index (χ4n) is 5.48. The molecule has 0 bridgehead atoms. The number of aliphatic hydroxyl groups excluding tert-OH is 2. The monoisotopic (exact) mass is 553 g/mol. The molecule has 2 fully saturated rings. The first-order chi connectivity index (χ1) is 19.4. The first-order valence-electron chi connectivity index (χ1n) is 14.4. The number of nitrogens with zero attached hydrogens (tertiary/aromatic N) is 1. The van der Waals surface area contributed by atoms with Crippen LogP contribution in [-0.4, -0.2) is 65.3 Å². The molecule has 0 saturated carbocycles. The van der Waals surface area contributed by atoms with Crippen LogP contribution in [-0.2, 0) is 25.7 Å². The van der Waals surface area contributed by atoms with Crippen LogP contribution >= 0.6 is 0 Å². The van der Waals surface area contributed by atoms with Crippen molar-refractivity contribution < 1.29 is 29.3 Å². The molecule has 9 heteroatoms. The molecular weight excluding hydrogens is 510 g/mol. The van der Waals surface area contributed by atoms with Gasteiger partial charge in [-0.2, -0.15) is 0 Å². The third-order valence-corrected chi connectivity index (χ3v) is 7.66. The molecule has 0 aromatic heterocycles. The highest BCUT2D eigenvalue weighted by Crippen LogP contribution is 2.39. The molecular formula is C31H43N3O6. The van der Waals surface area contributed by atoms with Gasteiger partial charge in [0.05, 0.1) is 25.4 Å². The Bertz CT molecular complexity index is 1090. The van der Waals surface area contributed by atoms with Crippen molar-refractivity contribution >= 4 is 17.5 Å². The van der Waals surface area contributed by atoms with E-state index in [4.69, 9.17) is 9.47 Å². The van der Waals surface area contributed by atoms with Crippen LogP contribution < -0.4 is 10.6 Å². The van der Waals surface area contributed by atoms with Crippen molar-refractivity contribution in [1.29, 1.82) is 0 Å². The Morgan fingerprint density at radius 2 is 1.85 bits per heavy atom. The minimum Gasteiger partial charge on any atom is -0.395 e. The Morgan fingerprint density at radius 3 is 2.60 bits per heavy atom. The molecule has 218 valence electrons. The fraction of sp³-hybridized carbons (Fsp3) is 0.548. The number of ether oxygens (including phenoxy) is 2. The first kappa shape index (κ1) is 30.1. The minimum atomic E-state index is -0.609. The lowest BCUT2D eigenvalue weighted by molar-refractivity contribution is -0.253. The molecule has 9 nitrogen and oxygen atoms in total. The molecule has 2 heterocycles. The average Bonchev–Trinajstić information content (AvgIpc) is 3.41. The summed E-state index contributed by atoms with van der Waals surface area (Å²) in [6.07, 6.45) is 4.73. The second-order valence-electron chi connectivity index (χ2n) is 10.8. The minimum absolute atomic E-state index is 0.00669. The first-order valence-corrected chi connectivity index (χ1v) is 14.4. The number of unbranched alkanes of at least 4 members (excludes halogenated alkanes) is 2. The van der Waals surface area contributed by atoms with E-state index in [2.05, 4.69) is 15.5 Å². The van der Waals surface area contributed by atoms with Gasteiger partial charge in [0.1, 0.15) is 0 Å². The van der Waals surface area contributed by atoms with Crippen molar-refractivity contribution in [1.82, 2.24) is 10.2 Å². The summed E-state index contributed by atoms with van der Waals surface area (Å²) in [5, 5.41) is 25.0. The van der Waals surface area contributed by atoms with Crippen molar-refractivity contribution in [3.8, 4) is 0 Å². The van der Waals surface area contributed by atoms with Gasteiger partial charge in [-0.05, 0) is 55.5 Å². The number of carbonyl (C=O) groups is 2. The van der Waals surface area contributed by atoms with Crippen LogP contribution in [0.25, 0.3) is 0 Å². The Kier molecular flexibility index (Phi) is 11.5. The lowest BCUT2D eigenvalue weighted by atomic mass is 9.99. The molecule has 2 amide bonds. The van der Waals surface area contributed by atoms with Gasteiger partial charge in [-0.25, -0.2) is 0 Å². The van der Waals surface area contributed by atoms with Gasteiger partial charge in [0.15, 0.2) is 6.29 Å². The molecule has 0 radical (unpaired) electrons. The van der Waals surface area contributed by atoms with Crippen molar-refractivity contribution in [2.75, 3.05) is 31.6 Å². The molecule has 0 unspecified atom stereocenters. The van der Waals surface area contributed by atoms with Gasteiger partial charge >= 0.3 is 0 Å². The number of carbonyl (C=O) groups excluding carboxylic acids is 2. The van der Waals surface area contributed by atoms with E-state index in [-0.39, 0.29) is 43.3 Å². The van der Waals surface area contributed by atoms with Gasteiger partial charge in [0, 0.05) is 50.1 Å². The van der Waals surface area contributed by atoms with Crippen molar-refractivity contribution in [2.24, 2.45) is 0 Å². The van der Waals surface area contributed by atoms with Gasteiger partial charge in [-0.3, -0.25) is 14.5 Å². The number of hydrogen-bond acceptors (Lipinski definition) is 7. The highest BCUT2D eigenvalue weighted by Gasteiger charge is 2.35. The molecule has 4 rings (SSSR count). The largest absolute Gasteiger partial charge is 0.395 e. The summed E-state index contributed by atoms with van der Waals surface area (Å²) in [4.78, 5) is 25.8. The Hall–Kier alpha value is -2.82.